The van der Waals surface area contributed by atoms with Crippen molar-refractivity contribution in [3.8, 4) is 35.2 Å². The van der Waals surface area contributed by atoms with Crippen molar-refractivity contribution < 1.29 is 0 Å². The lowest BCUT2D eigenvalue weighted by molar-refractivity contribution is 0.874. The molecular weight excluding hydrogens is 388 g/mol. The average molecular weight is 411 g/mol. The molecule has 0 bridgehead atoms. The summed E-state index contributed by atoms with van der Waals surface area (Å²) in [5, 5.41) is 8.37. The minimum atomic E-state index is -1.32. The van der Waals surface area contributed by atoms with Crippen LogP contribution in [0.4, 0.5) is 0 Å². The fraction of sp³-hybridized carbons (Fsp3) is 0.130. The molecule has 30 heavy (non-hydrogen) atoms. The summed E-state index contributed by atoms with van der Waals surface area (Å²) in [4.78, 5) is 8.05. The fourth-order valence-electron chi connectivity index (χ4n) is 2.31. The number of aromatic nitrogens is 6. The van der Waals surface area contributed by atoms with Gasteiger partial charge < -0.3 is 0 Å². The van der Waals surface area contributed by atoms with E-state index in [0.29, 0.717) is 0 Å². The summed E-state index contributed by atoms with van der Waals surface area (Å²) in [7, 11) is -1.32. The van der Waals surface area contributed by atoms with Crippen LogP contribution in [0.5, 0.6) is 0 Å². The SMILES string of the molecule is C#Cc1cnn(-c2cccnc2)c1.C[Si](C)(C)C#Cc1cnn(-c2cccnc2)c1. The van der Waals surface area contributed by atoms with E-state index in [4.69, 9.17) is 6.42 Å². The molecule has 0 aliphatic rings. The molecule has 0 amide bonds. The van der Waals surface area contributed by atoms with E-state index >= 15 is 0 Å². The van der Waals surface area contributed by atoms with Crippen molar-refractivity contribution in [2.45, 2.75) is 19.6 Å². The lowest BCUT2D eigenvalue weighted by Gasteiger charge is -2.02. The molecule has 0 saturated carbocycles. The topological polar surface area (TPSA) is 61.4 Å². The maximum Gasteiger partial charge on any atom is 0.129 e. The molecule has 4 heterocycles. The predicted molar refractivity (Wildman–Crippen MR) is 121 cm³/mol. The standard InChI is InChI=1S/C13H15N3Si.C10H7N3/c1-17(2,3)8-6-12-9-15-16(11-12)13-5-4-7-14-10-13;1-2-9-6-12-13(8-9)10-4-3-5-11-7-10/h4-5,7,9-11H,1-3H3;1,3-8H. The van der Waals surface area contributed by atoms with Crippen molar-refractivity contribution in [3.05, 3.63) is 85.0 Å². The molecule has 0 saturated heterocycles. The lowest BCUT2D eigenvalue weighted by Crippen LogP contribution is -2.16. The summed E-state index contributed by atoms with van der Waals surface area (Å²) in [6.07, 6.45) is 19.4. The third-order valence-electron chi connectivity index (χ3n) is 3.73. The van der Waals surface area contributed by atoms with Crippen LogP contribution < -0.4 is 0 Å². The van der Waals surface area contributed by atoms with Gasteiger partial charge in [0.2, 0.25) is 0 Å². The molecule has 0 fully saturated rings. The van der Waals surface area contributed by atoms with Gasteiger partial charge in [-0.15, -0.1) is 12.0 Å². The van der Waals surface area contributed by atoms with Crippen LogP contribution in [0, 0.1) is 23.8 Å². The third kappa shape index (κ3) is 6.03. The maximum atomic E-state index is 5.22. The largest absolute Gasteiger partial charge is 0.262 e. The summed E-state index contributed by atoms with van der Waals surface area (Å²) in [6.45, 7) is 6.68. The van der Waals surface area contributed by atoms with Crippen LogP contribution in [0.3, 0.4) is 0 Å². The normalized spacial score (nSPS) is 10.2. The van der Waals surface area contributed by atoms with Gasteiger partial charge in [-0.3, -0.25) is 9.97 Å². The van der Waals surface area contributed by atoms with Crippen LogP contribution in [0.15, 0.2) is 73.8 Å². The Kier molecular flexibility index (Phi) is 6.59. The Bertz CT molecular complexity index is 1190. The highest BCUT2D eigenvalue weighted by molar-refractivity contribution is 6.83. The van der Waals surface area contributed by atoms with Crippen molar-refractivity contribution >= 4 is 8.07 Å². The van der Waals surface area contributed by atoms with E-state index in [-0.39, 0.29) is 0 Å². The Morgan fingerprint density at radius 1 is 0.800 bits per heavy atom. The highest BCUT2D eigenvalue weighted by atomic mass is 28.3. The Labute approximate surface area is 177 Å². The van der Waals surface area contributed by atoms with E-state index in [2.05, 4.69) is 57.2 Å². The van der Waals surface area contributed by atoms with Crippen LogP contribution in [-0.4, -0.2) is 37.6 Å². The first-order valence-electron chi connectivity index (χ1n) is 9.34. The number of hydrogen-bond acceptors (Lipinski definition) is 4. The fourth-order valence-corrected chi connectivity index (χ4v) is 2.82. The predicted octanol–water partition coefficient (Wildman–Crippen LogP) is 3.74. The number of pyridine rings is 2. The van der Waals surface area contributed by atoms with Crippen molar-refractivity contribution in [2.75, 3.05) is 0 Å². The zero-order chi connectivity index (χ0) is 21.4. The number of terminal acetylenes is 1. The summed E-state index contributed by atoms with van der Waals surface area (Å²) in [5.41, 5.74) is 6.90. The molecule has 0 aliphatic carbocycles. The lowest BCUT2D eigenvalue weighted by atomic mass is 10.4. The molecule has 0 atom stereocenters. The molecule has 6 nitrogen and oxygen atoms in total. The quantitative estimate of drug-likeness (QED) is 0.373. The molecule has 0 aromatic carbocycles. The second-order valence-corrected chi connectivity index (χ2v) is 12.2. The molecule has 4 aromatic heterocycles. The van der Waals surface area contributed by atoms with Crippen LogP contribution in [-0.2, 0) is 0 Å². The van der Waals surface area contributed by atoms with Gasteiger partial charge in [0, 0.05) is 24.8 Å². The second-order valence-electron chi connectivity index (χ2n) is 7.41. The van der Waals surface area contributed by atoms with Crippen molar-refractivity contribution in [1.29, 1.82) is 0 Å². The molecule has 148 valence electrons. The molecular formula is C23H22N6Si. The first kappa shape index (κ1) is 20.8. The molecule has 0 aliphatic heterocycles. The molecule has 4 rings (SSSR count). The Morgan fingerprint density at radius 3 is 1.77 bits per heavy atom. The Balaban J connectivity index is 0.000000177. The molecule has 4 aromatic rings. The highest BCUT2D eigenvalue weighted by Crippen LogP contribution is 2.06. The monoisotopic (exact) mass is 410 g/mol. The van der Waals surface area contributed by atoms with Gasteiger partial charge in [-0.2, -0.15) is 10.2 Å². The van der Waals surface area contributed by atoms with E-state index in [1.54, 1.807) is 52.7 Å². The molecule has 0 radical (unpaired) electrons. The Hall–Kier alpha value is -3.94. The smallest absolute Gasteiger partial charge is 0.129 e. The molecule has 0 spiro atoms. The molecule has 0 N–H and O–H groups in total. The van der Waals surface area contributed by atoms with Gasteiger partial charge in [0.25, 0.3) is 0 Å². The summed E-state index contributed by atoms with van der Waals surface area (Å²) >= 11 is 0. The minimum Gasteiger partial charge on any atom is -0.262 e. The number of hydrogen-bond donors (Lipinski definition) is 0. The van der Waals surface area contributed by atoms with Crippen LogP contribution in [0.25, 0.3) is 11.4 Å². The van der Waals surface area contributed by atoms with Gasteiger partial charge in [0.1, 0.15) is 8.07 Å². The van der Waals surface area contributed by atoms with Gasteiger partial charge in [-0.25, -0.2) is 9.36 Å². The maximum absolute atomic E-state index is 5.22. The van der Waals surface area contributed by atoms with Crippen molar-refractivity contribution in [3.63, 3.8) is 0 Å². The van der Waals surface area contributed by atoms with E-state index in [1.165, 1.54) is 0 Å². The average Bonchev–Trinajstić information content (AvgIpc) is 3.43. The summed E-state index contributed by atoms with van der Waals surface area (Å²) < 4.78 is 3.49. The van der Waals surface area contributed by atoms with Crippen LogP contribution in [0.1, 0.15) is 11.1 Å². The third-order valence-corrected chi connectivity index (χ3v) is 4.61. The Morgan fingerprint density at radius 2 is 1.33 bits per heavy atom. The number of nitrogens with zero attached hydrogens (tertiary/aromatic N) is 6. The second kappa shape index (κ2) is 9.51. The van der Waals surface area contributed by atoms with Gasteiger partial charge in [0.15, 0.2) is 0 Å². The van der Waals surface area contributed by atoms with Crippen LogP contribution in [0.2, 0.25) is 19.6 Å². The summed E-state index contributed by atoms with van der Waals surface area (Å²) in [5.74, 6) is 5.70. The minimum absolute atomic E-state index is 0.767. The molecule has 0 unspecified atom stereocenters. The van der Waals surface area contributed by atoms with Gasteiger partial charge in [0.05, 0.1) is 47.3 Å². The van der Waals surface area contributed by atoms with Gasteiger partial charge in [-0.1, -0.05) is 31.5 Å². The number of rotatable bonds is 2. The summed E-state index contributed by atoms with van der Waals surface area (Å²) in [6, 6.07) is 7.63. The first-order chi connectivity index (χ1) is 14.4. The van der Waals surface area contributed by atoms with Gasteiger partial charge >= 0.3 is 0 Å². The van der Waals surface area contributed by atoms with E-state index < -0.39 is 8.07 Å². The van der Waals surface area contributed by atoms with Gasteiger partial charge in [-0.05, 0) is 24.3 Å². The van der Waals surface area contributed by atoms with Crippen molar-refractivity contribution in [2.24, 2.45) is 0 Å². The van der Waals surface area contributed by atoms with E-state index in [0.717, 1.165) is 22.5 Å². The zero-order valence-corrected chi connectivity index (χ0v) is 18.2. The van der Waals surface area contributed by atoms with E-state index in [1.807, 2.05) is 30.5 Å². The molecule has 7 heteroatoms. The first-order valence-corrected chi connectivity index (χ1v) is 12.8. The van der Waals surface area contributed by atoms with E-state index in [9.17, 15) is 0 Å². The highest BCUT2D eigenvalue weighted by Gasteiger charge is 2.07. The zero-order valence-electron chi connectivity index (χ0n) is 17.2. The van der Waals surface area contributed by atoms with Crippen LogP contribution >= 0.6 is 0 Å². The van der Waals surface area contributed by atoms with Crippen molar-refractivity contribution in [1.82, 2.24) is 29.5 Å².